The number of hydrogen-bond acceptors (Lipinski definition) is 6. The quantitative estimate of drug-likeness (QED) is 0.359. The van der Waals surface area contributed by atoms with Crippen molar-refractivity contribution in [1.29, 1.82) is 0 Å². The number of pyridine rings is 1. The lowest BCUT2D eigenvalue weighted by Crippen LogP contribution is -2.37. The van der Waals surface area contributed by atoms with Gasteiger partial charge in [0.15, 0.2) is 11.4 Å². The van der Waals surface area contributed by atoms with Gasteiger partial charge in [-0.1, -0.05) is 30.3 Å². The molecule has 4 rings (SSSR count). The van der Waals surface area contributed by atoms with Crippen LogP contribution in [0.25, 0.3) is 0 Å². The normalized spacial score (nSPS) is 15.9. The minimum absolute atomic E-state index is 0.00964. The van der Waals surface area contributed by atoms with E-state index in [0.29, 0.717) is 0 Å². The fraction of sp³-hybridized carbons (Fsp3) is 0.292. The Morgan fingerprint density at radius 2 is 1.88 bits per heavy atom. The van der Waals surface area contributed by atoms with Crippen LogP contribution in [-0.2, 0) is 20.2 Å². The molecule has 172 valence electrons. The fourth-order valence-corrected chi connectivity index (χ4v) is 4.06. The molecule has 1 fully saturated rings. The molecule has 1 saturated heterocycles. The Bertz CT molecular complexity index is 1100. The minimum Gasteiger partial charge on any atom is -0.486 e. The van der Waals surface area contributed by atoms with Crippen LogP contribution in [0.2, 0.25) is 0 Å². The Balaban J connectivity index is 1.46. The fourth-order valence-electron chi connectivity index (χ4n) is 4.06. The Kier molecular flexibility index (Phi) is 7.01. The highest BCUT2D eigenvalue weighted by Gasteiger charge is 2.29. The summed E-state index contributed by atoms with van der Waals surface area (Å²) in [6.45, 7) is 2.61. The van der Waals surface area contributed by atoms with Gasteiger partial charge in [-0.3, -0.25) is 24.7 Å². The Morgan fingerprint density at radius 3 is 2.61 bits per heavy atom. The highest BCUT2D eigenvalue weighted by atomic mass is 16.5. The molecule has 9 heteroatoms. The highest BCUT2D eigenvalue weighted by molar-refractivity contribution is 6.03. The van der Waals surface area contributed by atoms with E-state index in [2.05, 4.69) is 27.3 Å². The molecule has 33 heavy (non-hydrogen) atoms. The SMILES string of the molecule is Cn1cc(C(=O)NC2CCN(Cc3ccccc3)C2)c(OCc2ccncc2)c1C(=O)NO. The first-order valence-corrected chi connectivity index (χ1v) is 10.8. The maximum atomic E-state index is 13.1. The molecule has 1 unspecified atom stereocenters. The van der Waals surface area contributed by atoms with Gasteiger partial charge in [0.25, 0.3) is 11.8 Å². The summed E-state index contributed by atoms with van der Waals surface area (Å²) in [5.41, 5.74) is 4.00. The molecule has 1 aliphatic rings. The van der Waals surface area contributed by atoms with E-state index >= 15 is 0 Å². The molecule has 0 spiro atoms. The van der Waals surface area contributed by atoms with Crippen molar-refractivity contribution in [3.05, 3.63) is 83.4 Å². The van der Waals surface area contributed by atoms with E-state index < -0.39 is 5.91 Å². The number of rotatable bonds is 8. The number of nitrogens with one attached hydrogen (secondary N) is 2. The lowest BCUT2D eigenvalue weighted by atomic mass is 10.2. The molecule has 0 radical (unpaired) electrons. The van der Waals surface area contributed by atoms with E-state index in [1.807, 2.05) is 18.2 Å². The molecule has 0 aliphatic carbocycles. The molecule has 3 N–H and O–H groups in total. The van der Waals surface area contributed by atoms with Gasteiger partial charge in [-0.15, -0.1) is 0 Å². The van der Waals surface area contributed by atoms with E-state index in [1.54, 1.807) is 43.3 Å². The molecule has 1 atom stereocenters. The number of hydrogen-bond donors (Lipinski definition) is 3. The third-order valence-electron chi connectivity index (χ3n) is 5.69. The van der Waals surface area contributed by atoms with E-state index in [1.165, 1.54) is 10.1 Å². The molecule has 2 amide bonds. The summed E-state index contributed by atoms with van der Waals surface area (Å²) in [4.78, 5) is 31.7. The van der Waals surface area contributed by atoms with Gasteiger partial charge >= 0.3 is 0 Å². The Morgan fingerprint density at radius 1 is 1.12 bits per heavy atom. The molecule has 3 aromatic rings. The number of amides is 2. The third kappa shape index (κ3) is 5.39. The number of aryl methyl sites for hydroxylation is 1. The van der Waals surface area contributed by atoms with Gasteiger partial charge in [-0.05, 0) is 29.7 Å². The number of carbonyl (C=O) groups is 2. The number of nitrogens with zero attached hydrogens (tertiary/aromatic N) is 3. The van der Waals surface area contributed by atoms with Crippen molar-refractivity contribution in [2.24, 2.45) is 7.05 Å². The largest absolute Gasteiger partial charge is 0.486 e. The van der Waals surface area contributed by atoms with Crippen molar-refractivity contribution in [3.63, 3.8) is 0 Å². The summed E-state index contributed by atoms with van der Waals surface area (Å²) in [6.07, 6.45) is 5.65. The van der Waals surface area contributed by atoms with Crippen LogP contribution in [0.3, 0.4) is 0 Å². The molecule has 9 nitrogen and oxygen atoms in total. The van der Waals surface area contributed by atoms with Crippen LogP contribution in [0.1, 0.15) is 38.4 Å². The van der Waals surface area contributed by atoms with Crippen molar-refractivity contribution in [1.82, 2.24) is 25.2 Å². The van der Waals surface area contributed by atoms with E-state index in [-0.39, 0.29) is 35.6 Å². The van der Waals surface area contributed by atoms with Crippen LogP contribution in [-0.4, -0.2) is 50.6 Å². The van der Waals surface area contributed by atoms with Crippen molar-refractivity contribution >= 4 is 11.8 Å². The second-order valence-corrected chi connectivity index (χ2v) is 8.10. The first kappa shape index (κ1) is 22.5. The van der Waals surface area contributed by atoms with Gasteiger partial charge in [0, 0.05) is 51.3 Å². The van der Waals surface area contributed by atoms with Crippen LogP contribution < -0.4 is 15.5 Å². The van der Waals surface area contributed by atoms with E-state index in [4.69, 9.17) is 9.94 Å². The molecule has 1 aliphatic heterocycles. The van der Waals surface area contributed by atoms with Crippen molar-refractivity contribution in [2.75, 3.05) is 13.1 Å². The zero-order valence-electron chi connectivity index (χ0n) is 18.4. The van der Waals surface area contributed by atoms with Crippen molar-refractivity contribution < 1.29 is 19.5 Å². The van der Waals surface area contributed by atoms with Gasteiger partial charge < -0.3 is 14.6 Å². The van der Waals surface area contributed by atoms with E-state index in [0.717, 1.165) is 31.6 Å². The highest BCUT2D eigenvalue weighted by Crippen LogP contribution is 2.28. The van der Waals surface area contributed by atoms with Crippen LogP contribution in [0.15, 0.2) is 61.1 Å². The summed E-state index contributed by atoms with van der Waals surface area (Å²) in [7, 11) is 1.62. The minimum atomic E-state index is -0.754. The summed E-state index contributed by atoms with van der Waals surface area (Å²) in [5, 5.41) is 12.2. The monoisotopic (exact) mass is 449 g/mol. The number of likely N-dealkylation sites (tertiary alicyclic amines) is 1. The molecular weight excluding hydrogens is 422 g/mol. The number of aromatic nitrogens is 2. The molecule has 3 heterocycles. The second kappa shape index (κ2) is 10.3. The van der Waals surface area contributed by atoms with Crippen LogP contribution >= 0.6 is 0 Å². The third-order valence-corrected chi connectivity index (χ3v) is 5.69. The standard InChI is InChI=1S/C24H27N5O4/c1-28-15-20(22(21(28)24(31)27-32)33-16-18-7-10-25-11-8-18)23(30)26-19-9-12-29(14-19)13-17-5-3-2-4-6-17/h2-8,10-11,15,19,32H,9,12-14,16H2,1H3,(H,26,30)(H,27,31). The summed E-state index contributed by atoms with van der Waals surface area (Å²) < 4.78 is 7.36. The Hall–Kier alpha value is -3.69. The molecular formula is C24H27N5O4. The van der Waals surface area contributed by atoms with Crippen LogP contribution in [0.5, 0.6) is 5.75 Å². The Labute approximate surface area is 192 Å². The predicted molar refractivity (Wildman–Crippen MR) is 121 cm³/mol. The van der Waals surface area contributed by atoms with Gasteiger partial charge in [0.1, 0.15) is 6.61 Å². The van der Waals surface area contributed by atoms with E-state index in [9.17, 15) is 9.59 Å². The average Bonchev–Trinajstić information content (AvgIpc) is 3.41. The second-order valence-electron chi connectivity index (χ2n) is 8.10. The summed E-state index contributed by atoms with van der Waals surface area (Å²) >= 11 is 0. The van der Waals surface area contributed by atoms with Crippen LogP contribution in [0, 0.1) is 0 Å². The first-order valence-electron chi connectivity index (χ1n) is 10.8. The van der Waals surface area contributed by atoms with Gasteiger partial charge in [0.2, 0.25) is 0 Å². The maximum absolute atomic E-state index is 13.1. The lowest BCUT2D eigenvalue weighted by molar-refractivity contribution is 0.0692. The molecule has 1 aromatic carbocycles. The average molecular weight is 450 g/mol. The first-order chi connectivity index (χ1) is 16.0. The van der Waals surface area contributed by atoms with Crippen molar-refractivity contribution in [3.8, 4) is 5.75 Å². The molecule has 0 saturated carbocycles. The van der Waals surface area contributed by atoms with Crippen molar-refractivity contribution in [2.45, 2.75) is 25.6 Å². The number of benzene rings is 1. The zero-order chi connectivity index (χ0) is 23.2. The zero-order valence-corrected chi connectivity index (χ0v) is 18.4. The van der Waals surface area contributed by atoms with Crippen LogP contribution in [0.4, 0.5) is 0 Å². The molecule has 2 aromatic heterocycles. The predicted octanol–water partition coefficient (Wildman–Crippen LogP) is 2.12. The van der Waals surface area contributed by atoms with Gasteiger partial charge in [-0.25, -0.2) is 5.48 Å². The smallest absolute Gasteiger partial charge is 0.295 e. The van der Waals surface area contributed by atoms with Gasteiger partial charge in [-0.2, -0.15) is 0 Å². The summed E-state index contributed by atoms with van der Waals surface area (Å²) in [5.74, 6) is -0.951. The number of hydroxylamine groups is 1. The maximum Gasteiger partial charge on any atom is 0.295 e. The number of ether oxygens (including phenoxy) is 1. The summed E-state index contributed by atoms with van der Waals surface area (Å²) in [6, 6.07) is 13.8. The van der Waals surface area contributed by atoms with Gasteiger partial charge in [0.05, 0.1) is 5.56 Å². The topological polar surface area (TPSA) is 109 Å². The molecule has 0 bridgehead atoms. The lowest BCUT2D eigenvalue weighted by Gasteiger charge is -2.17. The number of carbonyl (C=O) groups excluding carboxylic acids is 2.